The van der Waals surface area contributed by atoms with Crippen molar-refractivity contribution in [2.45, 2.75) is 32.6 Å². The SMILES string of the molecule is CC1CN(C(=O)Cn2cnnn2)CC(C)O1. The highest BCUT2D eigenvalue weighted by molar-refractivity contribution is 5.76. The first-order chi connectivity index (χ1) is 7.65. The van der Waals surface area contributed by atoms with E-state index in [0.717, 1.165) is 0 Å². The average Bonchev–Trinajstić information content (AvgIpc) is 2.68. The van der Waals surface area contributed by atoms with Crippen molar-refractivity contribution in [3.63, 3.8) is 0 Å². The fourth-order valence-electron chi connectivity index (χ4n) is 1.87. The Morgan fingerprint density at radius 3 is 2.69 bits per heavy atom. The zero-order valence-electron chi connectivity index (χ0n) is 9.41. The molecule has 1 aliphatic rings. The van der Waals surface area contributed by atoms with Crippen LogP contribution in [0.3, 0.4) is 0 Å². The highest BCUT2D eigenvalue weighted by atomic mass is 16.5. The Morgan fingerprint density at radius 1 is 1.44 bits per heavy atom. The second-order valence-electron chi connectivity index (χ2n) is 4.06. The number of hydrogen-bond acceptors (Lipinski definition) is 5. The van der Waals surface area contributed by atoms with E-state index in [0.29, 0.717) is 13.1 Å². The third-order valence-electron chi connectivity index (χ3n) is 2.46. The first kappa shape index (κ1) is 11.0. The summed E-state index contributed by atoms with van der Waals surface area (Å²) < 4.78 is 6.98. The summed E-state index contributed by atoms with van der Waals surface area (Å²) in [6, 6.07) is 0. The van der Waals surface area contributed by atoms with Gasteiger partial charge in [-0.1, -0.05) is 0 Å². The summed E-state index contributed by atoms with van der Waals surface area (Å²) in [5.41, 5.74) is 0. The topological polar surface area (TPSA) is 73.1 Å². The zero-order chi connectivity index (χ0) is 11.5. The number of amides is 1. The predicted molar refractivity (Wildman–Crippen MR) is 54.4 cm³/mol. The Bertz CT molecular complexity index is 343. The lowest BCUT2D eigenvalue weighted by atomic mass is 10.2. The summed E-state index contributed by atoms with van der Waals surface area (Å²) in [6.07, 6.45) is 1.61. The van der Waals surface area contributed by atoms with Crippen molar-refractivity contribution in [2.24, 2.45) is 0 Å². The minimum Gasteiger partial charge on any atom is -0.372 e. The van der Waals surface area contributed by atoms with Gasteiger partial charge < -0.3 is 9.64 Å². The molecule has 1 fully saturated rings. The Morgan fingerprint density at radius 2 is 2.12 bits per heavy atom. The van der Waals surface area contributed by atoms with Crippen LogP contribution in [0.2, 0.25) is 0 Å². The lowest BCUT2D eigenvalue weighted by Crippen LogP contribution is -2.49. The van der Waals surface area contributed by atoms with Gasteiger partial charge in [0.1, 0.15) is 12.9 Å². The molecule has 1 amide bonds. The maximum Gasteiger partial charge on any atom is 0.244 e. The Kier molecular flexibility index (Phi) is 3.14. The van der Waals surface area contributed by atoms with Crippen LogP contribution < -0.4 is 0 Å². The van der Waals surface area contributed by atoms with Gasteiger partial charge in [-0.05, 0) is 24.3 Å². The molecule has 2 unspecified atom stereocenters. The van der Waals surface area contributed by atoms with Crippen molar-refractivity contribution >= 4 is 5.91 Å². The highest BCUT2D eigenvalue weighted by Crippen LogP contribution is 2.10. The largest absolute Gasteiger partial charge is 0.372 e. The molecule has 0 aromatic carbocycles. The molecular weight excluding hydrogens is 210 g/mol. The zero-order valence-corrected chi connectivity index (χ0v) is 9.41. The molecule has 1 aromatic rings. The van der Waals surface area contributed by atoms with E-state index >= 15 is 0 Å². The third-order valence-corrected chi connectivity index (χ3v) is 2.46. The van der Waals surface area contributed by atoms with Gasteiger partial charge in [0.2, 0.25) is 5.91 Å². The van der Waals surface area contributed by atoms with Gasteiger partial charge in [0, 0.05) is 13.1 Å². The van der Waals surface area contributed by atoms with E-state index in [2.05, 4.69) is 15.5 Å². The standard InChI is InChI=1S/C9H15N5O2/c1-7-3-13(4-8(2)16-7)9(15)5-14-6-10-11-12-14/h6-8H,3-5H2,1-2H3. The van der Waals surface area contributed by atoms with Crippen molar-refractivity contribution in [1.82, 2.24) is 25.1 Å². The highest BCUT2D eigenvalue weighted by Gasteiger charge is 2.25. The summed E-state index contributed by atoms with van der Waals surface area (Å²) in [5, 5.41) is 10.6. The van der Waals surface area contributed by atoms with Crippen LogP contribution in [0.5, 0.6) is 0 Å². The maximum atomic E-state index is 11.9. The Hall–Kier alpha value is -1.50. The van der Waals surface area contributed by atoms with Gasteiger partial charge in [0.05, 0.1) is 12.2 Å². The fraction of sp³-hybridized carbons (Fsp3) is 0.778. The number of rotatable bonds is 2. The van der Waals surface area contributed by atoms with Crippen LogP contribution in [-0.2, 0) is 16.1 Å². The maximum absolute atomic E-state index is 11.9. The minimum atomic E-state index is 0.0225. The third kappa shape index (κ3) is 2.54. The van der Waals surface area contributed by atoms with Crippen molar-refractivity contribution in [2.75, 3.05) is 13.1 Å². The molecular formula is C9H15N5O2. The molecule has 7 nitrogen and oxygen atoms in total. The van der Waals surface area contributed by atoms with Crippen LogP contribution in [0.25, 0.3) is 0 Å². The molecule has 0 bridgehead atoms. The van der Waals surface area contributed by atoms with Crippen LogP contribution in [-0.4, -0.2) is 56.3 Å². The molecule has 1 aromatic heterocycles. The molecule has 88 valence electrons. The molecule has 0 spiro atoms. The number of morpholine rings is 1. The van der Waals surface area contributed by atoms with E-state index in [-0.39, 0.29) is 24.7 Å². The number of ether oxygens (including phenoxy) is 1. The molecule has 2 rings (SSSR count). The van der Waals surface area contributed by atoms with Crippen LogP contribution in [0, 0.1) is 0 Å². The van der Waals surface area contributed by atoms with Gasteiger partial charge in [-0.2, -0.15) is 0 Å². The summed E-state index contributed by atoms with van der Waals surface area (Å²) in [4.78, 5) is 13.7. The summed E-state index contributed by atoms with van der Waals surface area (Å²) in [6.45, 7) is 5.38. The van der Waals surface area contributed by atoms with Crippen LogP contribution in [0.1, 0.15) is 13.8 Å². The van der Waals surface area contributed by atoms with Gasteiger partial charge >= 0.3 is 0 Å². The Balaban J connectivity index is 1.94. The quantitative estimate of drug-likeness (QED) is 0.666. The van der Waals surface area contributed by atoms with Gasteiger partial charge in [0.25, 0.3) is 0 Å². The van der Waals surface area contributed by atoms with Gasteiger partial charge in [-0.25, -0.2) is 4.68 Å². The fourth-order valence-corrected chi connectivity index (χ4v) is 1.87. The molecule has 2 atom stereocenters. The summed E-state index contributed by atoms with van der Waals surface area (Å²) >= 11 is 0. The van der Waals surface area contributed by atoms with E-state index < -0.39 is 0 Å². The molecule has 0 radical (unpaired) electrons. The van der Waals surface area contributed by atoms with Crippen LogP contribution >= 0.6 is 0 Å². The number of carbonyl (C=O) groups excluding carboxylic acids is 1. The second-order valence-corrected chi connectivity index (χ2v) is 4.06. The molecule has 1 saturated heterocycles. The van der Waals surface area contributed by atoms with Crippen molar-refractivity contribution in [3.8, 4) is 0 Å². The van der Waals surface area contributed by atoms with Gasteiger partial charge in [-0.15, -0.1) is 5.10 Å². The molecule has 2 heterocycles. The van der Waals surface area contributed by atoms with Crippen molar-refractivity contribution in [3.05, 3.63) is 6.33 Å². The monoisotopic (exact) mass is 225 g/mol. The lowest BCUT2D eigenvalue weighted by Gasteiger charge is -2.35. The lowest BCUT2D eigenvalue weighted by molar-refractivity contribution is -0.144. The number of nitrogens with zero attached hydrogens (tertiary/aromatic N) is 5. The first-order valence-electron chi connectivity index (χ1n) is 5.29. The van der Waals surface area contributed by atoms with E-state index in [1.165, 1.54) is 11.0 Å². The van der Waals surface area contributed by atoms with Crippen molar-refractivity contribution < 1.29 is 9.53 Å². The molecule has 0 saturated carbocycles. The number of tetrazole rings is 1. The smallest absolute Gasteiger partial charge is 0.244 e. The van der Waals surface area contributed by atoms with Crippen molar-refractivity contribution in [1.29, 1.82) is 0 Å². The number of hydrogen-bond donors (Lipinski definition) is 0. The molecule has 1 aliphatic heterocycles. The number of aromatic nitrogens is 4. The minimum absolute atomic E-state index is 0.0225. The predicted octanol–water partition coefficient (Wildman–Crippen LogP) is -0.691. The summed E-state index contributed by atoms with van der Waals surface area (Å²) in [5.74, 6) is 0.0225. The normalized spacial score (nSPS) is 25.8. The van der Waals surface area contributed by atoms with E-state index in [1.54, 1.807) is 4.90 Å². The second kappa shape index (κ2) is 4.56. The first-order valence-corrected chi connectivity index (χ1v) is 5.29. The number of carbonyl (C=O) groups is 1. The van der Waals surface area contributed by atoms with Crippen LogP contribution in [0.4, 0.5) is 0 Å². The Labute approximate surface area is 93.4 Å². The summed E-state index contributed by atoms with van der Waals surface area (Å²) in [7, 11) is 0. The molecule has 7 heteroatoms. The molecule has 0 aliphatic carbocycles. The van der Waals surface area contributed by atoms with Crippen LogP contribution in [0.15, 0.2) is 6.33 Å². The molecule has 0 N–H and O–H groups in total. The average molecular weight is 225 g/mol. The molecule has 16 heavy (non-hydrogen) atoms. The van der Waals surface area contributed by atoms with Gasteiger partial charge in [0.15, 0.2) is 0 Å². The van der Waals surface area contributed by atoms with E-state index in [9.17, 15) is 4.79 Å². The van der Waals surface area contributed by atoms with E-state index in [1.807, 2.05) is 13.8 Å². The van der Waals surface area contributed by atoms with Gasteiger partial charge in [-0.3, -0.25) is 4.79 Å². The van der Waals surface area contributed by atoms with E-state index in [4.69, 9.17) is 4.74 Å².